The quantitative estimate of drug-likeness (QED) is 0.186. The van der Waals surface area contributed by atoms with Gasteiger partial charge in [0.15, 0.2) is 0 Å². The molecule has 28 heavy (non-hydrogen) atoms. The van der Waals surface area contributed by atoms with E-state index in [2.05, 4.69) is 10.6 Å². The number of nitrogens with two attached hydrogens (primary N) is 1. The maximum Gasteiger partial charge on any atom is 0.326 e. The molecule has 0 aromatic carbocycles. The van der Waals surface area contributed by atoms with Gasteiger partial charge >= 0.3 is 11.9 Å². The topological polar surface area (TPSA) is 220 Å². The highest BCUT2D eigenvalue weighted by Gasteiger charge is 2.39. The van der Waals surface area contributed by atoms with E-state index in [9.17, 15) is 29.1 Å². The van der Waals surface area contributed by atoms with Crippen molar-refractivity contribution in [2.24, 2.45) is 5.73 Å². The first kappa shape index (κ1) is 23.3. The first-order valence-electron chi connectivity index (χ1n) is 8.45. The third-order valence-corrected chi connectivity index (χ3v) is 4.16. The Kier molecular flexibility index (Phi) is 8.76. The molecule has 1 aliphatic rings. The molecule has 1 rings (SSSR count). The average molecular weight is 404 g/mol. The van der Waals surface area contributed by atoms with Crippen LogP contribution in [0.3, 0.4) is 0 Å². The maximum atomic E-state index is 12.6. The lowest BCUT2D eigenvalue weighted by atomic mass is 10.1. The summed E-state index contributed by atoms with van der Waals surface area (Å²) in [5, 5.41) is 40.3. The normalized spacial score (nSPS) is 19.4. The van der Waals surface area contributed by atoms with Gasteiger partial charge in [-0.2, -0.15) is 0 Å². The molecule has 4 atom stereocenters. The largest absolute Gasteiger partial charge is 0.481 e. The van der Waals surface area contributed by atoms with Crippen molar-refractivity contribution < 1.29 is 44.4 Å². The summed E-state index contributed by atoms with van der Waals surface area (Å²) in [6.45, 7) is -1.34. The van der Waals surface area contributed by atoms with Gasteiger partial charge in [-0.05, 0) is 12.8 Å². The average Bonchev–Trinajstić information content (AvgIpc) is 3.13. The standard InChI is InChI=1S/C15H24N4O9/c16-7(5-20)12(24)18-9(6-21)14(26)19-3-1-2-10(19)13(25)17-8(15(27)28)4-11(22)23/h7-10,20-21H,1-6,16H2,(H,17,25)(H,18,24)(H,22,23)(H,27,28). The van der Waals surface area contributed by atoms with Crippen LogP contribution < -0.4 is 16.4 Å². The number of carboxylic acid groups (broad SMARTS) is 2. The van der Waals surface area contributed by atoms with E-state index in [1.165, 1.54) is 0 Å². The van der Waals surface area contributed by atoms with E-state index in [-0.39, 0.29) is 13.0 Å². The Morgan fingerprint density at radius 3 is 2.18 bits per heavy atom. The van der Waals surface area contributed by atoms with Crippen LogP contribution in [0, 0.1) is 0 Å². The van der Waals surface area contributed by atoms with E-state index in [0.717, 1.165) is 4.90 Å². The third kappa shape index (κ3) is 6.14. The third-order valence-electron chi connectivity index (χ3n) is 4.16. The van der Waals surface area contributed by atoms with Crippen LogP contribution in [0.4, 0.5) is 0 Å². The minimum Gasteiger partial charge on any atom is -0.481 e. The number of likely N-dealkylation sites (tertiary alicyclic amines) is 1. The van der Waals surface area contributed by atoms with E-state index in [1.807, 2.05) is 0 Å². The minimum absolute atomic E-state index is 0.117. The summed E-state index contributed by atoms with van der Waals surface area (Å²) in [4.78, 5) is 59.6. The number of aliphatic hydroxyl groups excluding tert-OH is 2. The van der Waals surface area contributed by atoms with Crippen molar-refractivity contribution in [3.8, 4) is 0 Å². The number of nitrogens with one attached hydrogen (secondary N) is 2. The zero-order chi connectivity index (χ0) is 21.4. The summed E-state index contributed by atoms with van der Waals surface area (Å²) in [5.41, 5.74) is 5.34. The molecule has 0 bridgehead atoms. The molecule has 8 N–H and O–H groups in total. The Morgan fingerprint density at radius 1 is 1.04 bits per heavy atom. The fraction of sp³-hybridized carbons (Fsp3) is 0.667. The minimum atomic E-state index is -1.67. The number of rotatable bonds is 10. The van der Waals surface area contributed by atoms with Crippen LogP contribution >= 0.6 is 0 Å². The highest BCUT2D eigenvalue weighted by molar-refractivity contribution is 5.95. The zero-order valence-electron chi connectivity index (χ0n) is 14.9. The molecule has 0 spiro atoms. The van der Waals surface area contributed by atoms with Crippen LogP contribution in [0.5, 0.6) is 0 Å². The summed E-state index contributed by atoms with van der Waals surface area (Å²) in [6, 6.07) is -5.46. The summed E-state index contributed by atoms with van der Waals surface area (Å²) >= 11 is 0. The van der Waals surface area contributed by atoms with Gasteiger partial charge < -0.3 is 41.7 Å². The lowest BCUT2D eigenvalue weighted by Crippen LogP contribution is -2.58. The second-order valence-corrected chi connectivity index (χ2v) is 6.22. The van der Waals surface area contributed by atoms with E-state index in [1.54, 1.807) is 0 Å². The molecule has 0 aromatic rings. The Morgan fingerprint density at radius 2 is 1.68 bits per heavy atom. The number of nitrogens with zero attached hydrogens (tertiary/aromatic N) is 1. The van der Waals surface area contributed by atoms with Crippen LogP contribution in [0.1, 0.15) is 19.3 Å². The molecule has 3 amide bonds. The Labute approximate surface area is 159 Å². The number of carbonyl (C=O) groups is 5. The van der Waals surface area contributed by atoms with Crippen molar-refractivity contribution >= 4 is 29.7 Å². The number of amides is 3. The summed E-state index contributed by atoms with van der Waals surface area (Å²) in [6.07, 6.45) is -0.238. The smallest absolute Gasteiger partial charge is 0.326 e. The van der Waals surface area contributed by atoms with Gasteiger partial charge in [0.05, 0.1) is 19.6 Å². The number of aliphatic carboxylic acids is 2. The monoisotopic (exact) mass is 404 g/mol. The molecule has 0 aromatic heterocycles. The Hall–Kier alpha value is -2.77. The molecule has 1 aliphatic heterocycles. The molecule has 1 saturated heterocycles. The van der Waals surface area contributed by atoms with Gasteiger partial charge in [0.1, 0.15) is 24.2 Å². The van der Waals surface area contributed by atoms with Gasteiger partial charge in [-0.3, -0.25) is 19.2 Å². The summed E-state index contributed by atoms with van der Waals surface area (Å²) < 4.78 is 0. The fourth-order valence-corrected chi connectivity index (χ4v) is 2.69. The second kappa shape index (κ2) is 10.5. The molecular formula is C15H24N4O9. The van der Waals surface area contributed by atoms with Crippen LogP contribution in [-0.2, 0) is 24.0 Å². The SMILES string of the molecule is NC(CO)C(=O)NC(CO)C(=O)N1CCCC1C(=O)NC(CC(=O)O)C(=O)O. The van der Waals surface area contributed by atoms with Crippen LogP contribution in [-0.4, -0.2) is 98.9 Å². The lowest BCUT2D eigenvalue weighted by molar-refractivity contribution is -0.148. The fourth-order valence-electron chi connectivity index (χ4n) is 2.69. The molecule has 0 aliphatic carbocycles. The molecule has 1 fully saturated rings. The highest BCUT2D eigenvalue weighted by Crippen LogP contribution is 2.19. The van der Waals surface area contributed by atoms with Crippen molar-refractivity contribution in [2.45, 2.75) is 43.4 Å². The molecule has 4 unspecified atom stereocenters. The number of carbonyl (C=O) groups excluding carboxylic acids is 3. The summed E-state index contributed by atoms with van der Waals surface area (Å²) in [7, 11) is 0. The predicted octanol–water partition coefficient (Wildman–Crippen LogP) is -4.18. The molecule has 1 heterocycles. The molecule has 13 nitrogen and oxygen atoms in total. The second-order valence-electron chi connectivity index (χ2n) is 6.22. The number of carboxylic acids is 2. The number of hydrogen-bond acceptors (Lipinski definition) is 8. The zero-order valence-corrected chi connectivity index (χ0v) is 14.9. The maximum absolute atomic E-state index is 12.6. The Bertz CT molecular complexity index is 627. The molecule has 158 valence electrons. The van der Waals surface area contributed by atoms with Gasteiger partial charge in [-0.25, -0.2) is 4.79 Å². The summed E-state index contributed by atoms with van der Waals surface area (Å²) in [5.74, 6) is -5.47. The molecular weight excluding hydrogens is 380 g/mol. The van der Waals surface area contributed by atoms with E-state index in [0.29, 0.717) is 6.42 Å². The predicted molar refractivity (Wildman–Crippen MR) is 90.6 cm³/mol. The van der Waals surface area contributed by atoms with Crippen molar-refractivity contribution in [1.29, 1.82) is 0 Å². The Balaban J connectivity index is 2.84. The van der Waals surface area contributed by atoms with Gasteiger partial charge in [0.25, 0.3) is 0 Å². The van der Waals surface area contributed by atoms with Gasteiger partial charge in [0, 0.05) is 6.54 Å². The number of hydrogen-bond donors (Lipinski definition) is 7. The number of aliphatic hydroxyl groups is 2. The lowest BCUT2D eigenvalue weighted by Gasteiger charge is -2.29. The van der Waals surface area contributed by atoms with Gasteiger partial charge in [-0.1, -0.05) is 0 Å². The van der Waals surface area contributed by atoms with Gasteiger partial charge in [-0.15, -0.1) is 0 Å². The van der Waals surface area contributed by atoms with Crippen LogP contribution in [0.2, 0.25) is 0 Å². The van der Waals surface area contributed by atoms with Crippen molar-refractivity contribution in [1.82, 2.24) is 15.5 Å². The first-order chi connectivity index (χ1) is 13.1. The van der Waals surface area contributed by atoms with Crippen molar-refractivity contribution in [2.75, 3.05) is 19.8 Å². The molecule has 13 heteroatoms. The van der Waals surface area contributed by atoms with Crippen LogP contribution in [0.25, 0.3) is 0 Å². The van der Waals surface area contributed by atoms with E-state index < -0.39 is 73.5 Å². The molecule has 0 saturated carbocycles. The van der Waals surface area contributed by atoms with Crippen LogP contribution in [0.15, 0.2) is 0 Å². The van der Waals surface area contributed by atoms with Crippen molar-refractivity contribution in [3.63, 3.8) is 0 Å². The van der Waals surface area contributed by atoms with Gasteiger partial charge in [0.2, 0.25) is 17.7 Å². The first-order valence-corrected chi connectivity index (χ1v) is 8.45. The molecule has 0 radical (unpaired) electrons. The van der Waals surface area contributed by atoms with E-state index in [4.69, 9.17) is 21.1 Å². The van der Waals surface area contributed by atoms with E-state index >= 15 is 0 Å². The van der Waals surface area contributed by atoms with Crippen molar-refractivity contribution in [3.05, 3.63) is 0 Å². The highest BCUT2D eigenvalue weighted by atomic mass is 16.4.